The molecule has 1 fully saturated rings. The van der Waals surface area contributed by atoms with Crippen molar-refractivity contribution in [3.8, 4) is 0 Å². The summed E-state index contributed by atoms with van der Waals surface area (Å²) in [5.41, 5.74) is -0.321. The van der Waals surface area contributed by atoms with Gasteiger partial charge in [0.15, 0.2) is 0 Å². The molecule has 3 aromatic rings. The number of nitro groups is 1. The molecule has 8 heteroatoms. The van der Waals surface area contributed by atoms with Crippen LogP contribution in [-0.2, 0) is 9.59 Å². The highest BCUT2D eigenvalue weighted by atomic mass is 19.1. The summed E-state index contributed by atoms with van der Waals surface area (Å²) in [4.78, 5) is 37.5. The molecular weight excluding hydrogens is 403 g/mol. The molecule has 1 atom stereocenters. The van der Waals surface area contributed by atoms with Gasteiger partial charge in [0, 0.05) is 28.9 Å². The first-order valence-electron chi connectivity index (χ1n) is 9.25. The number of amides is 1. The number of nitro benzene ring substituents is 1. The highest BCUT2D eigenvalue weighted by Crippen LogP contribution is 2.42. The minimum absolute atomic E-state index is 0.0116. The van der Waals surface area contributed by atoms with Gasteiger partial charge in [0.1, 0.15) is 11.6 Å². The van der Waals surface area contributed by atoms with E-state index in [1.165, 1.54) is 36.4 Å². The number of halogens is 1. The van der Waals surface area contributed by atoms with E-state index in [0.717, 1.165) is 11.0 Å². The summed E-state index contributed by atoms with van der Waals surface area (Å²) < 4.78 is 14.8. The number of hydrogen-bond acceptors (Lipinski definition) is 5. The van der Waals surface area contributed by atoms with Crippen molar-refractivity contribution in [3.05, 3.63) is 111 Å². The van der Waals surface area contributed by atoms with Gasteiger partial charge in [-0.2, -0.15) is 0 Å². The third-order valence-electron chi connectivity index (χ3n) is 5.01. The van der Waals surface area contributed by atoms with Crippen LogP contribution in [0.3, 0.4) is 0 Å². The molecule has 1 heterocycles. The molecule has 154 valence electrons. The van der Waals surface area contributed by atoms with Gasteiger partial charge < -0.3 is 5.11 Å². The Morgan fingerprint density at radius 3 is 2.32 bits per heavy atom. The zero-order valence-corrected chi connectivity index (χ0v) is 15.9. The van der Waals surface area contributed by atoms with Gasteiger partial charge in [-0.25, -0.2) is 4.39 Å². The Bertz CT molecular complexity index is 1240. The van der Waals surface area contributed by atoms with Crippen LogP contribution in [0.15, 0.2) is 84.4 Å². The van der Waals surface area contributed by atoms with E-state index in [2.05, 4.69) is 0 Å². The first-order valence-corrected chi connectivity index (χ1v) is 9.25. The van der Waals surface area contributed by atoms with Gasteiger partial charge in [-0.15, -0.1) is 0 Å². The van der Waals surface area contributed by atoms with E-state index in [1.54, 1.807) is 36.4 Å². The molecule has 0 aliphatic carbocycles. The SMILES string of the molecule is O=C1C(=O)N(c2ccccc2)C(c2ccccc2F)/C1=C(\O)c1cccc([N+](=O)[O-])c1. The average Bonchev–Trinajstić information content (AvgIpc) is 3.04. The predicted molar refractivity (Wildman–Crippen MR) is 111 cm³/mol. The van der Waals surface area contributed by atoms with Crippen LogP contribution in [0.1, 0.15) is 17.2 Å². The number of Topliss-reactive ketones (excluding diaryl/α,β-unsaturated/α-hetero) is 1. The van der Waals surface area contributed by atoms with Crippen molar-refractivity contribution in [2.75, 3.05) is 4.90 Å². The molecule has 1 aliphatic rings. The van der Waals surface area contributed by atoms with Crippen molar-refractivity contribution >= 4 is 28.8 Å². The zero-order chi connectivity index (χ0) is 22.1. The van der Waals surface area contributed by atoms with Gasteiger partial charge in [0.2, 0.25) is 0 Å². The van der Waals surface area contributed by atoms with E-state index in [-0.39, 0.29) is 22.4 Å². The van der Waals surface area contributed by atoms with Gasteiger partial charge in [0.25, 0.3) is 17.4 Å². The Balaban J connectivity index is 1.97. The molecule has 31 heavy (non-hydrogen) atoms. The quantitative estimate of drug-likeness (QED) is 0.223. The van der Waals surface area contributed by atoms with Gasteiger partial charge in [-0.3, -0.25) is 24.6 Å². The molecule has 0 saturated carbocycles. The van der Waals surface area contributed by atoms with E-state index in [1.807, 2.05) is 0 Å². The van der Waals surface area contributed by atoms with Crippen LogP contribution in [0, 0.1) is 15.9 Å². The van der Waals surface area contributed by atoms with Crippen LogP contribution in [0.25, 0.3) is 5.76 Å². The van der Waals surface area contributed by atoms with E-state index in [4.69, 9.17) is 0 Å². The van der Waals surface area contributed by atoms with Crippen molar-refractivity contribution in [1.29, 1.82) is 0 Å². The summed E-state index contributed by atoms with van der Waals surface area (Å²) in [6.07, 6.45) is 0. The summed E-state index contributed by atoms with van der Waals surface area (Å²) in [5.74, 6) is -3.23. The Hall–Kier alpha value is -4.33. The highest BCUT2D eigenvalue weighted by molar-refractivity contribution is 6.51. The first kappa shape index (κ1) is 20.0. The van der Waals surface area contributed by atoms with E-state index in [9.17, 15) is 29.2 Å². The summed E-state index contributed by atoms with van der Waals surface area (Å²) in [6, 6.07) is 17.6. The van der Waals surface area contributed by atoms with Crippen molar-refractivity contribution in [1.82, 2.24) is 0 Å². The van der Waals surface area contributed by atoms with Crippen LogP contribution in [0.5, 0.6) is 0 Å². The third kappa shape index (κ3) is 3.44. The number of anilines is 1. The Labute approximate surface area is 175 Å². The number of nitrogens with zero attached hydrogens (tertiary/aromatic N) is 2. The number of aliphatic hydroxyl groups excluding tert-OH is 1. The van der Waals surface area contributed by atoms with E-state index >= 15 is 0 Å². The van der Waals surface area contributed by atoms with Crippen LogP contribution in [-0.4, -0.2) is 21.7 Å². The Kier molecular flexibility index (Phi) is 5.04. The number of aliphatic hydroxyl groups is 1. The van der Waals surface area contributed by atoms with Crippen molar-refractivity contribution in [2.45, 2.75) is 6.04 Å². The lowest BCUT2D eigenvalue weighted by Gasteiger charge is -2.25. The molecule has 1 unspecified atom stereocenters. The molecule has 0 spiro atoms. The summed E-state index contributed by atoms with van der Waals surface area (Å²) >= 11 is 0. The summed E-state index contributed by atoms with van der Waals surface area (Å²) in [5, 5.41) is 22.0. The number of ketones is 1. The highest BCUT2D eigenvalue weighted by Gasteiger charge is 2.47. The molecule has 0 aromatic heterocycles. The molecule has 0 radical (unpaired) electrons. The predicted octanol–water partition coefficient (Wildman–Crippen LogP) is 4.36. The van der Waals surface area contributed by atoms with Crippen molar-refractivity contribution < 1.29 is 24.0 Å². The fourth-order valence-electron chi connectivity index (χ4n) is 3.60. The van der Waals surface area contributed by atoms with Gasteiger partial charge in [-0.1, -0.05) is 48.5 Å². The lowest BCUT2D eigenvalue weighted by molar-refractivity contribution is -0.384. The maximum atomic E-state index is 14.8. The molecule has 1 N–H and O–H groups in total. The summed E-state index contributed by atoms with van der Waals surface area (Å²) in [6.45, 7) is 0. The number of para-hydroxylation sites is 1. The molecular formula is C23H15FN2O5. The molecule has 3 aromatic carbocycles. The van der Waals surface area contributed by atoms with Crippen molar-refractivity contribution in [3.63, 3.8) is 0 Å². The average molecular weight is 418 g/mol. The van der Waals surface area contributed by atoms with E-state index in [0.29, 0.717) is 5.69 Å². The van der Waals surface area contributed by atoms with Gasteiger partial charge in [0.05, 0.1) is 16.5 Å². The minimum Gasteiger partial charge on any atom is -0.507 e. The number of non-ortho nitro benzene ring substituents is 1. The Morgan fingerprint density at radius 2 is 1.65 bits per heavy atom. The molecule has 1 aliphatic heterocycles. The van der Waals surface area contributed by atoms with Gasteiger partial charge in [-0.05, 0) is 18.2 Å². The van der Waals surface area contributed by atoms with Crippen molar-refractivity contribution in [2.24, 2.45) is 0 Å². The third-order valence-corrected chi connectivity index (χ3v) is 5.01. The van der Waals surface area contributed by atoms with Crippen LogP contribution in [0.2, 0.25) is 0 Å². The maximum absolute atomic E-state index is 14.8. The largest absolute Gasteiger partial charge is 0.507 e. The van der Waals surface area contributed by atoms with Crippen LogP contribution >= 0.6 is 0 Å². The minimum atomic E-state index is -1.25. The van der Waals surface area contributed by atoms with Gasteiger partial charge >= 0.3 is 0 Å². The second-order valence-electron chi connectivity index (χ2n) is 6.83. The normalized spacial score (nSPS) is 17.7. The van der Waals surface area contributed by atoms with E-state index < -0.39 is 34.2 Å². The second kappa shape index (κ2) is 7.83. The standard InChI is InChI=1S/C23H15FN2O5/c24-18-12-5-4-11-17(18)20-19(21(27)14-7-6-10-16(13-14)26(30)31)22(28)23(29)25(20)15-8-2-1-3-9-15/h1-13,20,27H/b21-19+. The molecule has 0 bridgehead atoms. The number of carbonyl (C=O) groups is 2. The molecule has 1 amide bonds. The monoisotopic (exact) mass is 418 g/mol. The smallest absolute Gasteiger partial charge is 0.300 e. The molecule has 1 saturated heterocycles. The molecule has 7 nitrogen and oxygen atoms in total. The topological polar surface area (TPSA) is 101 Å². The fourth-order valence-corrected chi connectivity index (χ4v) is 3.60. The molecule has 4 rings (SSSR count). The van der Waals surface area contributed by atoms with Crippen LogP contribution < -0.4 is 4.90 Å². The summed E-state index contributed by atoms with van der Waals surface area (Å²) in [7, 11) is 0. The number of hydrogen-bond donors (Lipinski definition) is 1. The number of carbonyl (C=O) groups excluding carboxylic acids is 2. The first-order chi connectivity index (χ1) is 14.9. The zero-order valence-electron chi connectivity index (χ0n) is 15.9. The van der Waals surface area contributed by atoms with Crippen LogP contribution in [0.4, 0.5) is 15.8 Å². The number of benzene rings is 3. The lowest BCUT2D eigenvalue weighted by atomic mass is 9.94. The Morgan fingerprint density at radius 1 is 0.968 bits per heavy atom. The lowest BCUT2D eigenvalue weighted by Crippen LogP contribution is -2.29. The number of rotatable bonds is 4. The maximum Gasteiger partial charge on any atom is 0.300 e. The fraction of sp³-hybridized carbons (Fsp3) is 0.0435. The second-order valence-corrected chi connectivity index (χ2v) is 6.83.